The minimum Gasteiger partial charge on any atom is -0.489 e. The van der Waals surface area contributed by atoms with Crippen LogP contribution in [0.1, 0.15) is 49.3 Å². The van der Waals surface area contributed by atoms with E-state index in [0.29, 0.717) is 23.3 Å². The van der Waals surface area contributed by atoms with Crippen LogP contribution in [0.4, 0.5) is 0 Å². The van der Waals surface area contributed by atoms with Gasteiger partial charge in [0.15, 0.2) is 5.43 Å². The maximum Gasteiger partial charge on any atom is 0.354 e. The third-order valence-electron chi connectivity index (χ3n) is 4.46. The van der Waals surface area contributed by atoms with E-state index in [1.807, 2.05) is 36.4 Å². The summed E-state index contributed by atoms with van der Waals surface area (Å²) in [7, 11) is 0. The SMILES string of the molecule is CCOC(=O)c1cc(=O)c2cc(OCc3ccccc3)cc(C(C)(C)C)c2[nH]1. The minimum absolute atomic E-state index is 0.155. The van der Waals surface area contributed by atoms with Crippen molar-refractivity contribution in [3.8, 4) is 5.75 Å². The summed E-state index contributed by atoms with van der Waals surface area (Å²) < 4.78 is 11.0. The summed E-state index contributed by atoms with van der Waals surface area (Å²) in [6.07, 6.45) is 0. The molecule has 0 spiro atoms. The number of aromatic nitrogens is 1. The average molecular weight is 379 g/mol. The van der Waals surface area contributed by atoms with Crippen molar-refractivity contribution in [3.05, 3.63) is 75.6 Å². The standard InChI is InChI=1S/C23H25NO4/c1-5-27-22(26)19-13-20(25)17-11-16(28-14-15-9-7-6-8-10-15)12-18(21(17)24-19)23(2,3)4/h6-13H,5,14H2,1-4H3,(H,24,25). The Morgan fingerprint density at radius 1 is 1.07 bits per heavy atom. The molecule has 1 N–H and O–H groups in total. The van der Waals surface area contributed by atoms with E-state index in [1.165, 1.54) is 6.07 Å². The van der Waals surface area contributed by atoms with Crippen molar-refractivity contribution in [2.45, 2.75) is 39.7 Å². The largest absolute Gasteiger partial charge is 0.489 e. The van der Waals surface area contributed by atoms with Gasteiger partial charge in [0.05, 0.1) is 12.1 Å². The number of hydrogen-bond donors (Lipinski definition) is 1. The third-order valence-corrected chi connectivity index (χ3v) is 4.46. The molecule has 0 saturated carbocycles. The predicted octanol–water partition coefficient (Wildman–Crippen LogP) is 4.58. The Morgan fingerprint density at radius 3 is 2.43 bits per heavy atom. The molecule has 0 fully saturated rings. The second-order valence-corrected chi connectivity index (χ2v) is 7.69. The highest BCUT2D eigenvalue weighted by atomic mass is 16.5. The highest BCUT2D eigenvalue weighted by Crippen LogP contribution is 2.32. The number of carbonyl (C=O) groups is 1. The molecule has 146 valence electrons. The molecular formula is C23H25NO4. The number of hydrogen-bond acceptors (Lipinski definition) is 4. The van der Waals surface area contributed by atoms with Gasteiger partial charge in [-0.2, -0.15) is 0 Å². The molecule has 0 aliphatic carbocycles. The van der Waals surface area contributed by atoms with Gasteiger partial charge in [0, 0.05) is 11.5 Å². The van der Waals surface area contributed by atoms with Crippen LogP contribution in [0.3, 0.4) is 0 Å². The minimum atomic E-state index is -0.536. The van der Waals surface area contributed by atoms with Crippen LogP contribution < -0.4 is 10.2 Å². The molecule has 2 aromatic carbocycles. The van der Waals surface area contributed by atoms with Gasteiger partial charge in [0.2, 0.25) is 0 Å². The summed E-state index contributed by atoms with van der Waals surface area (Å²) in [4.78, 5) is 27.9. The van der Waals surface area contributed by atoms with E-state index in [0.717, 1.165) is 11.1 Å². The molecule has 0 aliphatic heterocycles. The fourth-order valence-electron chi connectivity index (χ4n) is 3.06. The summed E-state index contributed by atoms with van der Waals surface area (Å²) in [5.74, 6) is 0.0847. The molecule has 0 atom stereocenters. The summed E-state index contributed by atoms with van der Waals surface area (Å²) in [6, 6.07) is 14.8. The molecule has 0 unspecified atom stereocenters. The summed E-state index contributed by atoms with van der Waals surface area (Å²) in [5.41, 5.74) is 2.23. The van der Waals surface area contributed by atoms with Crippen molar-refractivity contribution in [3.63, 3.8) is 0 Å². The van der Waals surface area contributed by atoms with Crippen LogP contribution in [0.15, 0.2) is 53.3 Å². The average Bonchev–Trinajstić information content (AvgIpc) is 2.66. The molecule has 0 bridgehead atoms. The number of H-pyrrole nitrogens is 1. The lowest BCUT2D eigenvalue weighted by molar-refractivity contribution is 0.0520. The van der Waals surface area contributed by atoms with E-state index in [9.17, 15) is 9.59 Å². The van der Waals surface area contributed by atoms with Gasteiger partial charge in [-0.05, 0) is 35.6 Å². The van der Waals surface area contributed by atoms with Crippen molar-refractivity contribution in [1.29, 1.82) is 0 Å². The van der Waals surface area contributed by atoms with Crippen molar-refractivity contribution in [2.75, 3.05) is 6.61 Å². The number of rotatable bonds is 5. The van der Waals surface area contributed by atoms with Gasteiger partial charge in [0.1, 0.15) is 18.1 Å². The maximum atomic E-state index is 12.7. The number of nitrogens with one attached hydrogen (secondary N) is 1. The maximum absolute atomic E-state index is 12.7. The second-order valence-electron chi connectivity index (χ2n) is 7.69. The Hall–Kier alpha value is -3.08. The van der Waals surface area contributed by atoms with Crippen molar-refractivity contribution < 1.29 is 14.3 Å². The lowest BCUT2D eigenvalue weighted by atomic mass is 9.85. The number of aromatic amines is 1. The fraction of sp³-hybridized carbons (Fsp3) is 0.304. The highest BCUT2D eigenvalue weighted by Gasteiger charge is 2.22. The van der Waals surface area contributed by atoms with Crippen LogP contribution in [0, 0.1) is 0 Å². The molecule has 1 heterocycles. The van der Waals surface area contributed by atoms with Gasteiger partial charge in [-0.15, -0.1) is 0 Å². The number of pyridine rings is 1. The van der Waals surface area contributed by atoms with Crippen molar-refractivity contribution in [1.82, 2.24) is 4.98 Å². The van der Waals surface area contributed by atoms with E-state index >= 15 is 0 Å². The fourth-order valence-corrected chi connectivity index (χ4v) is 3.06. The van der Waals surface area contributed by atoms with E-state index in [2.05, 4.69) is 25.8 Å². The Morgan fingerprint density at radius 2 is 1.79 bits per heavy atom. The topological polar surface area (TPSA) is 68.4 Å². The van der Waals surface area contributed by atoms with E-state index in [1.54, 1.807) is 13.0 Å². The van der Waals surface area contributed by atoms with E-state index < -0.39 is 5.97 Å². The number of fused-ring (bicyclic) bond motifs is 1. The van der Waals surface area contributed by atoms with Gasteiger partial charge in [-0.3, -0.25) is 4.79 Å². The van der Waals surface area contributed by atoms with E-state index in [4.69, 9.17) is 9.47 Å². The van der Waals surface area contributed by atoms with Crippen molar-refractivity contribution in [2.24, 2.45) is 0 Å². The molecule has 0 aliphatic rings. The number of carbonyl (C=O) groups excluding carboxylic acids is 1. The molecule has 5 heteroatoms. The van der Waals surface area contributed by atoms with Crippen LogP contribution >= 0.6 is 0 Å². The lowest BCUT2D eigenvalue weighted by Gasteiger charge is -2.22. The van der Waals surface area contributed by atoms with Crippen LogP contribution in [0.2, 0.25) is 0 Å². The smallest absolute Gasteiger partial charge is 0.354 e. The van der Waals surface area contributed by atoms with Gasteiger partial charge >= 0.3 is 5.97 Å². The molecule has 5 nitrogen and oxygen atoms in total. The zero-order valence-corrected chi connectivity index (χ0v) is 16.7. The Kier molecular flexibility index (Phi) is 5.54. The molecule has 28 heavy (non-hydrogen) atoms. The normalized spacial score (nSPS) is 11.4. The Labute approximate surface area is 164 Å². The predicted molar refractivity (Wildman–Crippen MR) is 110 cm³/mol. The number of esters is 1. The van der Waals surface area contributed by atoms with Gasteiger partial charge in [0.25, 0.3) is 0 Å². The monoisotopic (exact) mass is 379 g/mol. The Bertz CT molecular complexity index is 1050. The first kappa shape index (κ1) is 19.7. The van der Waals surface area contributed by atoms with E-state index in [-0.39, 0.29) is 23.1 Å². The Balaban J connectivity index is 2.09. The molecule has 3 rings (SSSR count). The summed E-state index contributed by atoms with van der Waals surface area (Å²) in [5, 5.41) is 0.489. The highest BCUT2D eigenvalue weighted by molar-refractivity contribution is 5.92. The number of benzene rings is 2. The molecule has 0 amide bonds. The first-order chi connectivity index (χ1) is 13.3. The molecule has 1 aromatic heterocycles. The second kappa shape index (κ2) is 7.89. The zero-order valence-electron chi connectivity index (χ0n) is 16.7. The van der Waals surface area contributed by atoms with Gasteiger partial charge in [-0.25, -0.2) is 4.79 Å². The van der Waals surface area contributed by atoms with Gasteiger partial charge < -0.3 is 14.5 Å². The molecule has 0 radical (unpaired) electrons. The van der Waals surface area contributed by atoms with Gasteiger partial charge in [-0.1, -0.05) is 51.1 Å². The summed E-state index contributed by atoms with van der Waals surface area (Å²) >= 11 is 0. The quantitative estimate of drug-likeness (QED) is 0.659. The third kappa shape index (κ3) is 4.25. The summed E-state index contributed by atoms with van der Waals surface area (Å²) in [6.45, 7) is 8.55. The van der Waals surface area contributed by atoms with Crippen LogP contribution in [-0.2, 0) is 16.8 Å². The lowest BCUT2D eigenvalue weighted by Crippen LogP contribution is -2.18. The molecule has 0 saturated heterocycles. The first-order valence-electron chi connectivity index (χ1n) is 9.35. The van der Waals surface area contributed by atoms with Crippen LogP contribution in [0.5, 0.6) is 5.75 Å². The number of ether oxygens (including phenoxy) is 2. The van der Waals surface area contributed by atoms with Crippen molar-refractivity contribution >= 4 is 16.9 Å². The van der Waals surface area contributed by atoms with Crippen LogP contribution in [-0.4, -0.2) is 17.6 Å². The first-order valence-corrected chi connectivity index (χ1v) is 9.35. The molecule has 3 aromatic rings. The zero-order chi connectivity index (χ0) is 20.3. The molecular weight excluding hydrogens is 354 g/mol. The van der Waals surface area contributed by atoms with Crippen LogP contribution in [0.25, 0.3) is 10.9 Å².